The molecule has 0 spiro atoms. The summed E-state index contributed by atoms with van der Waals surface area (Å²) >= 11 is 0. The number of benzene rings is 2. The number of nitrogen functional groups attached to an aromatic ring is 2. The summed E-state index contributed by atoms with van der Waals surface area (Å²) in [6.45, 7) is 0. The lowest BCUT2D eigenvalue weighted by molar-refractivity contribution is -0.141. The van der Waals surface area contributed by atoms with Crippen LogP contribution in [0.2, 0.25) is 0 Å². The molecule has 0 saturated carbocycles. The highest BCUT2D eigenvalue weighted by molar-refractivity contribution is 5.58. The molecule has 4 nitrogen and oxygen atoms in total. The highest BCUT2D eigenvalue weighted by Crippen LogP contribution is 2.42. The van der Waals surface area contributed by atoms with Crippen molar-refractivity contribution in [1.29, 1.82) is 0 Å². The summed E-state index contributed by atoms with van der Waals surface area (Å²) in [6.07, 6.45) is -4.58. The van der Waals surface area contributed by atoms with Crippen LogP contribution in [0.25, 0.3) is 0 Å². The van der Waals surface area contributed by atoms with Crippen LogP contribution in [0.15, 0.2) is 36.4 Å². The summed E-state index contributed by atoms with van der Waals surface area (Å²) in [7, 11) is 0. The lowest BCUT2D eigenvalue weighted by atomic mass is 9.90. The Morgan fingerprint density at radius 3 is 1.48 bits per heavy atom. The molecule has 0 fully saturated rings. The molecule has 0 amide bonds. The normalized spacial score (nSPS) is 11.8. The monoisotopic (exact) mass is 298 g/mol. The average Bonchev–Trinajstić information content (AvgIpc) is 2.37. The van der Waals surface area contributed by atoms with Gasteiger partial charge in [-0.2, -0.15) is 13.2 Å². The van der Waals surface area contributed by atoms with Crippen LogP contribution in [-0.2, 0) is 0 Å². The molecule has 2 rings (SSSR count). The van der Waals surface area contributed by atoms with Crippen molar-refractivity contribution < 1.29 is 23.4 Å². The number of rotatable bonds is 2. The van der Waals surface area contributed by atoms with E-state index in [0.717, 1.165) is 36.4 Å². The van der Waals surface area contributed by atoms with Crippen LogP contribution in [0.5, 0.6) is 11.5 Å². The van der Waals surface area contributed by atoms with Gasteiger partial charge >= 0.3 is 6.18 Å². The third-order valence-corrected chi connectivity index (χ3v) is 3.10. The topological polar surface area (TPSA) is 92.5 Å². The number of alkyl halides is 3. The fraction of sp³-hybridized carbons (Fsp3) is 0.143. The summed E-state index contributed by atoms with van der Waals surface area (Å²) in [6, 6.07) is 6.63. The molecule has 6 N–H and O–H groups in total. The molecule has 0 radical (unpaired) electrons. The van der Waals surface area contributed by atoms with Crippen LogP contribution in [0, 0.1) is 0 Å². The molecule has 2 aromatic rings. The number of aromatic hydroxyl groups is 2. The van der Waals surface area contributed by atoms with Gasteiger partial charge < -0.3 is 21.7 Å². The Morgan fingerprint density at radius 2 is 1.19 bits per heavy atom. The molecular weight excluding hydrogens is 285 g/mol. The summed E-state index contributed by atoms with van der Waals surface area (Å²) in [4.78, 5) is 0. The zero-order chi connectivity index (χ0) is 15.8. The second-order valence-electron chi connectivity index (χ2n) is 4.61. The van der Waals surface area contributed by atoms with E-state index in [1.54, 1.807) is 0 Å². The molecular formula is C14H13F3N2O2. The standard InChI is InChI=1S/C14H13F3N2O2/c15-14(16,17)13(7-1-3-11(20)9(18)5-7)8-2-4-12(21)10(19)6-8/h1-6,13,20-21H,18-19H2. The largest absolute Gasteiger partial charge is 0.506 e. The van der Waals surface area contributed by atoms with E-state index < -0.39 is 12.1 Å². The minimum absolute atomic E-state index is 0.122. The van der Waals surface area contributed by atoms with Crippen molar-refractivity contribution in [3.05, 3.63) is 47.5 Å². The fourth-order valence-electron chi connectivity index (χ4n) is 2.08. The molecule has 0 heterocycles. The lowest BCUT2D eigenvalue weighted by Crippen LogP contribution is -2.22. The highest BCUT2D eigenvalue weighted by Gasteiger charge is 2.42. The number of nitrogens with two attached hydrogens (primary N) is 2. The van der Waals surface area contributed by atoms with Gasteiger partial charge in [0.15, 0.2) is 0 Å². The SMILES string of the molecule is Nc1cc(C(c2ccc(O)c(N)c2)C(F)(F)F)ccc1O. The van der Waals surface area contributed by atoms with Crippen molar-refractivity contribution in [2.45, 2.75) is 12.1 Å². The Kier molecular flexibility index (Phi) is 3.59. The van der Waals surface area contributed by atoms with E-state index in [0.29, 0.717) is 0 Å². The van der Waals surface area contributed by atoms with Crippen molar-refractivity contribution in [3.63, 3.8) is 0 Å². The van der Waals surface area contributed by atoms with Crippen LogP contribution in [0.3, 0.4) is 0 Å². The van der Waals surface area contributed by atoms with Crippen LogP contribution < -0.4 is 11.5 Å². The second-order valence-corrected chi connectivity index (χ2v) is 4.61. The molecule has 0 atom stereocenters. The van der Waals surface area contributed by atoms with Gasteiger partial charge in [0.2, 0.25) is 0 Å². The predicted molar refractivity (Wildman–Crippen MR) is 72.9 cm³/mol. The smallest absolute Gasteiger partial charge is 0.399 e. The molecule has 7 heteroatoms. The van der Waals surface area contributed by atoms with Crippen molar-refractivity contribution in [2.24, 2.45) is 0 Å². The van der Waals surface area contributed by atoms with E-state index >= 15 is 0 Å². The Labute approximate surface area is 118 Å². The lowest BCUT2D eigenvalue weighted by Gasteiger charge is -2.22. The minimum atomic E-state index is -4.58. The van der Waals surface area contributed by atoms with Gasteiger partial charge in [-0.15, -0.1) is 0 Å². The molecule has 21 heavy (non-hydrogen) atoms. The minimum Gasteiger partial charge on any atom is -0.506 e. The van der Waals surface area contributed by atoms with Crippen LogP contribution in [0.4, 0.5) is 24.5 Å². The van der Waals surface area contributed by atoms with E-state index in [1.807, 2.05) is 0 Å². The first kappa shape index (κ1) is 14.8. The Bertz CT molecular complexity index is 620. The van der Waals surface area contributed by atoms with Gasteiger partial charge in [0.25, 0.3) is 0 Å². The molecule has 0 aromatic heterocycles. The zero-order valence-corrected chi connectivity index (χ0v) is 10.7. The van der Waals surface area contributed by atoms with Crippen molar-refractivity contribution in [3.8, 4) is 11.5 Å². The summed E-state index contributed by atoms with van der Waals surface area (Å²) in [5.41, 5.74) is 10.4. The van der Waals surface area contributed by atoms with Crippen LogP contribution in [0.1, 0.15) is 17.0 Å². The Hall–Kier alpha value is -2.57. The molecule has 112 valence electrons. The average molecular weight is 298 g/mol. The quantitative estimate of drug-likeness (QED) is 0.506. The van der Waals surface area contributed by atoms with Crippen molar-refractivity contribution in [2.75, 3.05) is 11.5 Å². The highest BCUT2D eigenvalue weighted by atomic mass is 19.4. The van der Waals surface area contributed by atoms with Crippen LogP contribution >= 0.6 is 0 Å². The number of phenolic OH excluding ortho intramolecular Hbond substituents is 2. The molecule has 0 aliphatic carbocycles. The van der Waals surface area contributed by atoms with Gasteiger partial charge in [-0.05, 0) is 35.4 Å². The molecule has 0 unspecified atom stereocenters. The number of halogens is 3. The maximum atomic E-state index is 13.3. The summed E-state index contributed by atoms with van der Waals surface area (Å²) in [5, 5.41) is 18.6. The molecule has 0 saturated heterocycles. The summed E-state index contributed by atoms with van der Waals surface area (Å²) < 4.78 is 40.0. The summed E-state index contributed by atoms with van der Waals surface area (Å²) in [5.74, 6) is -2.53. The van der Waals surface area contributed by atoms with Crippen LogP contribution in [-0.4, -0.2) is 16.4 Å². The third-order valence-electron chi connectivity index (χ3n) is 3.10. The second kappa shape index (κ2) is 5.08. The van der Waals surface area contributed by atoms with Gasteiger partial charge in [-0.1, -0.05) is 12.1 Å². The van der Waals surface area contributed by atoms with Gasteiger partial charge in [-0.3, -0.25) is 0 Å². The van der Waals surface area contributed by atoms with E-state index in [9.17, 15) is 23.4 Å². The Morgan fingerprint density at radius 1 is 0.810 bits per heavy atom. The van der Waals surface area contributed by atoms with E-state index in [1.165, 1.54) is 0 Å². The van der Waals surface area contributed by atoms with Gasteiger partial charge in [-0.25, -0.2) is 0 Å². The Balaban J connectivity index is 2.58. The molecule has 0 aliphatic rings. The molecule has 2 aromatic carbocycles. The third kappa shape index (κ3) is 2.96. The number of anilines is 2. The van der Waals surface area contributed by atoms with E-state index in [-0.39, 0.29) is 34.0 Å². The first-order valence-electron chi connectivity index (χ1n) is 5.93. The first-order chi connectivity index (χ1) is 9.70. The molecule has 0 aliphatic heterocycles. The number of hydrogen-bond donors (Lipinski definition) is 4. The fourth-order valence-corrected chi connectivity index (χ4v) is 2.08. The number of hydrogen-bond acceptors (Lipinski definition) is 4. The zero-order valence-electron chi connectivity index (χ0n) is 10.7. The maximum Gasteiger partial charge on any atom is 0.399 e. The predicted octanol–water partition coefficient (Wildman–Crippen LogP) is 2.96. The maximum absolute atomic E-state index is 13.3. The van der Waals surface area contributed by atoms with Gasteiger partial charge in [0.1, 0.15) is 17.4 Å². The van der Waals surface area contributed by atoms with Gasteiger partial charge in [0, 0.05) is 0 Å². The van der Waals surface area contributed by atoms with E-state index in [4.69, 9.17) is 11.5 Å². The van der Waals surface area contributed by atoms with Gasteiger partial charge in [0.05, 0.1) is 11.4 Å². The number of phenols is 2. The van der Waals surface area contributed by atoms with Crippen molar-refractivity contribution >= 4 is 11.4 Å². The molecule has 0 bridgehead atoms. The first-order valence-corrected chi connectivity index (χ1v) is 5.93. The van der Waals surface area contributed by atoms with Crippen molar-refractivity contribution in [1.82, 2.24) is 0 Å². The van der Waals surface area contributed by atoms with E-state index in [2.05, 4.69) is 0 Å².